The fraction of sp³-hybridized carbons (Fsp3) is 0.364. The maximum absolute atomic E-state index is 11.7. The highest BCUT2D eigenvalue weighted by Crippen LogP contribution is 2.25. The number of benzene rings is 1. The van der Waals surface area contributed by atoms with Crippen LogP contribution in [0.15, 0.2) is 18.2 Å². The van der Waals surface area contributed by atoms with E-state index < -0.39 is 0 Å². The average molecular weight is 247 g/mol. The first kappa shape index (κ1) is 12.5. The van der Waals surface area contributed by atoms with Crippen molar-refractivity contribution in [1.29, 1.82) is 0 Å². The van der Waals surface area contributed by atoms with Crippen LogP contribution >= 0.6 is 23.2 Å². The molecule has 0 saturated heterocycles. The Kier molecular flexibility index (Phi) is 5.09. The zero-order valence-electron chi connectivity index (χ0n) is 8.43. The van der Waals surface area contributed by atoms with Crippen molar-refractivity contribution in [3.63, 3.8) is 0 Å². The van der Waals surface area contributed by atoms with Gasteiger partial charge in [-0.3, -0.25) is 4.79 Å². The summed E-state index contributed by atoms with van der Waals surface area (Å²) in [6.07, 6.45) is 1.08. The molecule has 0 spiro atoms. The van der Waals surface area contributed by atoms with Crippen LogP contribution in [0.5, 0.6) is 0 Å². The third-order valence-corrected chi connectivity index (χ3v) is 2.62. The Morgan fingerprint density at radius 2 is 1.93 bits per heavy atom. The molecular formula is C11H12Cl2O2. The van der Waals surface area contributed by atoms with Crippen molar-refractivity contribution >= 4 is 29.0 Å². The van der Waals surface area contributed by atoms with Crippen molar-refractivity contribution in [2.24, 2.45) is 0 Å². The molecular weight excluding hydrogens is 235 g/mol. The van der Waals surface area contributed by atoms with Gasteiger partial charge in [-0.05, 0) is 18.6 Å². The van der Waals surface area contributed by atoms with Crippen molar-refractivity contribution in [1.82, 2.24) is 0 Å². The smallest absolute Gasteiger partial charge is 0.165 e. The normalized spacial score (nSPS) is 10.3. The Labute approximate surface area is 99.1 Å². The van der Waals surface area contributed by atoms with E-state index in [9.17, 15) is 4.79 Å². The minimum Gasteiger partial charge on any atom is -0.385 e. The van der Waals surface area contributed by atoms with Gasteiger partial charge >= 0.3 is 0 Å². The summed E-state index contributed by atoms with van der Waals surface area (Å²) in [7, 11) is 1.60. The molecule has 0 aliphatic rings. The lowest BCUT2D eigenvalue weighted by molar-refractivity contribution is 0.0963. The van der Waals surface area contributed by atoms with Crippen molar-refractivity contribution < 1.29 is 9.53 Å². The quantitative estimate of drug-likeness (QED) is 0.587. The maximum Gasteiger partial charge on any atom is 0.165 e. The van der Waals surface area contributed by atoms with Gasteiger partial charge < -0.3 is 4.74 Å². The Morgan fingerprint density at radius 1 is 1.33 bits per heavy atom. The SMILES string of the molecule is COCCCC(=O)c1c(Cl)cccc1Cl. The number of methoxy groups -OCH3 is 1. The molecule has 1 rings (SSSR count). The molecule has 0 amide bonds. The summed E-state index contributed by atoms with van der Waals surface area (Å²) >= 11 is 11.8. The van der Waals surface area contributed by atoms with Crippen LogP contribution in [0.1, 0.15) is 23.2 Å². The predicted octanol–water partition coefficient (Wildman–Crippen LogP) is 3.60. The molecule has 0 aliphatic heterocycles. The number of hydrogen-bond acceptors (Lipinski definition) is 2. The Balaban J connectivity index is 2.73. The molecule has 0 aliphatic carbocycles. The maximum atomic E-state index is 11.7. The van der Waals surface area contributed by atoms with Crippen molar-refractivity contribution in [2.75, 3.05) is 13.7 Å². The fourth-order valence-electron chi connectivity index (χ4n) is 1.27. The number of carbonyl (C=O) groups excluding carboxylic acids is 1. The first-order valence-electron chi connectivity index (χ1n) is 4.63. The van der Waals surface area contributed by atoms with Crippen LogP contribution in [0.4, 0.5) is 0 Å². The van der Waals surface area contributed by atoms with Gasteiger partial charge in [-0.2, -0.15) is 0 Å². The third-order valence-electron chi connectivity index (χ3n) is 1.99. The van der Waals surface area contributed by atoms with Gasteiger partial charge in [-0.1, -0.05) is 29.3 Å². The van der Waals surface area contributed by atoms with Crippen molar-refractivity contribution in [3.05, 3.63) is 33.8 Å². The van der Waals surface area contributed by atoms with E-state index in [1.165, 1.54) is 0 Å². The summed E-state index contributed by atoms with van der Waals surface area (Å²) in [5.74, 6) is -0.0392. The first-order valence-corrected chi connectivity index (χ1v) is 5.38. The monoisotopic (exact) mass is 246 g/mol. The van der Waals surface area contributed by atoms with E-state index in [1.807, 2.05) is 0 Å². The second-order valence-electron chi connectivity index (χ2n) is 3.12. The number of ketones is 1. The molecule has 0 atom stereocenters. The highest BCUT2D eigenvalue weighted by molar-refractivity contribution is 6.39. The summed E-state index contributed by atoms with van der Waals surface area (Å²) in [5.41, 5.74) is 0.414. The predicted molar refractivity (Wildman–Crippen MR) is 61.9 cm³/mol. The van der Waals surface area contributed by atoms with Crippen LogP contribution in [-0.2, 0) is 4.74 Å². The van der Waals surface area contributed by atoms with Gasteiger partial charge in [0.1, 0.15) is 0 Å². The molecule has 15 heavy (non-hydrogen) atoms. The lowest BCUT2D eigenvalue weighted by atomic mass is 10.1. The molecule has 82 valence electrons. The van der Waals surface area contributed by atoms with Crippen LogP contribution in [0, 0.1) is 0 Å². The van der Waals surface area contributed by atoms with Gasteiger partial charge in [-0.25, -0.2) is 0 Å². The molecule has 0 radical (unpaired) electrons. The second kappa shape index (κ2) is 6.11. The van der Waals surface area contributed by atoms with Gasteiger partial charge in [0.05, 0.1) is 15.6 Å². The number of halogens is 2. The largest absolute Gasteiger partial charge is 0.385 e. The lowest BCUT2D eigenvalue weighted by Crippen LogP contribution is -2.03. The van der Waals surface area contributed by atoms with Gasteiger partial charge in [-0.15, -0.1) is 0 Å². The molecule has 1 aromatic rings. The summed E-state index contributed by atoms with van der Waals surface area (Å²) < 4.78 is 4.87. The van der Waals surface area contributed by atoms with Crippen LogP contribution < -0.4 is 0 Å². The molecule has 0 unspecified atom stereocenters. The van der Waals surface area contributed by atoms with Crippen LogP contribution in [-0.4, -0.2) is 19.5 Å². The molecule has 1 aromatic carbocycles. The molecule has 2 nitrogen and oxygen atoms in total. The molecule has 0 fully saturated rings. The molecule has 0 heterocycles. The summed E-state index contributed by atoms with van der Waals surface area (Å²) in [5, 5.41) is 0.815. The number of hydrogen-bond donors (Lipinski definition) is 0. The van der Waals surface area contributed by atoms with Gasteiger partial charge in [0.2, 0.25) is 0 Å². The summed E-state index contributed by atoms with van der Waals surface area (Å²) in [6.45, 7) is 0.563. The molecule has 0 N–H and O–H groups in total. The van der Waals surface area contributed by atoms with Crippen molar-refractivity contribution in [3.8, 4) is 0 Å². The van der Waals surface area contributed by atoms with Crippen LogP contribution in [0.3, 0.4) is 0 Å². The Morgan fingerprint density at radius 3 is 2.47 bits per heavy atom. The van der Waals surface area contributed by atoms with E-state index in [0.717, 1.165) is 0 Å². The van der Waals surface area contributed by atoms with Gasteiger partial charge in [0.15, 0.2) is 5.78 Å². The highest BCUT2D eigenvalue weighted by Gasteiger charge is 2.13. The molecule has 0 aromatic heterocycles. The van der Waals surface area contributed by atoms with E-state index >= 15 is 0 Å². The minimum atomic E-state index is -0.0392. The van der Waals surface area contributed by atoms with E-state index in [-0.39, 0.29) is 5.78 Å². The highest BCUT2D eigenvalue weighted by atomic mass is 35.5. The standard InChI is InChI=1S/C11H12Cl2O2/c1-15-7-3-6-10(14)11-8(12)4-2-5-9(11)13/h2,4-5H,3,6-7H2,1H3. The minimum absolute atomic E-state index is 0.0392. The lowest BCUT2D eigenvalue weighted by Gasteiger charge is -2.05. The molecule has 4 heteroatoms. The van der Waals surface area contributed by atoms with Crippen molar-refractivity contribution in [2.45, 2.75) is 12.8 Å². The van der Waals surface area contributed by atoms with Gasteiger partial charge in [0.25, 0.3) is 0 Å². The molecule has 0 saturated carbocycles. The molecule has 0 bridgehead atoms. The number of rotatable bonds is 5. The summed E-state index contributed by atoms with van der Waals surface area (Å²) in [4.78, 5) is 11.7. The Hall–Kier alpha value is -0.570. The number of ether oxygens (including phenoxy) is 1. The fourth-order valence-corrected chi connectivity index (χ4v) is 1.87. The zero-order chi connectivity index (χ0) is 11.3. The Bertz CT molecular complexity index is 330. The van der Waals surface area contributed by atoms with Gasteiger partial charge in [0, 0.05) is 20.1 Å². The van der Waals surface area contributed by atoms with Crippen LogP contribution in [0.25, 0.3) is 0 Å². The van der Waals surface area contributed by atoms with E-state index in [4.69, 9.17) is 27.9 Å². The van der Waals surface area contributed by atoms with Crippen LogP contribution in [0.2, 0.25) is 10.0 Å². The topological polar surface area (TPSA) is 26.3 Å². The second-order valence-corrected chi connectivity index (χ2v) is 3.93. The van der Waals surface area contributed by atoms with E-state index in [0.29, 0.717) is 35.1 Å². The van der Waals surface area contributed by atoms with E-state index in [1.54, 1.807) is 25.3 Å². The number of carbonyl (C=O) groups is 1. The number of Topliss-reactive ketones (excluding diaryl/α,β-unsaturated/α-hetero) is 1. The third kappa shape index (κ3) is 3.49. The first-order chi connectivity index (χ1) is 7.16. The average Bonchev–Trinajstić information content (AvgIpc) is 2.18. The zero-order valence-corrected chi connectivity index (χ0v) is 9.94. The summed E-state index contributed by atoms with van der Waals surface area (Å²) in [6, 6.07) is 5.05. The van der Waals surface area contributed by atoms with E-state index in [2.05, 4.69) is 0 Å².